The normalized spacial score (nSPS) is 12.1. The first kappa shape index (κ1) is 19.5. The average Bonchev–Trinajstić information content (AvgIpc) is 2.45. The molecule has 0 fully saturated rings. The van der Waals surface area contributed by atoms with Gasteiger partial charge in [0.05, 0.1) is 37.1 Å². The molecule has 1 aromatic carbocycles. The lowest BCUT2D eigenvalue weighted by Gasteiger charge is -2.27. The molecule has 0 atom stereocenters. The number of benzene rings is 1. The van der Waals surface area contributed by atoms with Crippen LogP contribution in [0.25, 0.3) is 0 Å². The van der Waals surface area contributed by atoms with E-state index in [0.29, 0.717) is 30.9 Å². The van der Waals surface area contributed by atoms with Crippen molar-refractivity contribution in [2.24, 2.45) is 0 Å². The van der Waals surface area contributed by atoms with Gasteiger partial charge in [0.25, 0.3) is 0 Å². The minimum absolute atomic E-state index is 0.322. The van der Waals surface area contributed by atoms with E-state index in [-0.39, 0.29) is 11.6 Å². The van der Waals surface area contributed by atoms with Crippen LogP contribution in [0.15, 0.2) is 24.3 Å². The molecule has 0 aliphatic rings. The lowest BCUT2D eigenvalue weighted by atomic mass is 10.0. The van der Waals surface area contributed by atoms with Crippen LogP contribution < -0.4 is 4.74 Å². The number of aliphatic hydroxyl groups is 1. The SMILES string of the molecule is COC(=O)c1ccc(OCCC(C)(C)OCCC(C)(C)O)cc1. The Morgan fingerprint density at radius 2 is 1.65 bits per heavy atom. The second-order valence-corrected chi connectivity index (χ2v) is 6.79. The van der Waals surface area contributed by atoms with E-state index in [1.54, 1.807) is 38.1 Å². The van der Waals surface area contributed by atoms with Crippen LogP contribution in [0.1, 0.15) is 50.9 Å². The van der Waals surface area contributed by atoms with Gasteiger partial charge in [0, 0.05) is 6.42 Å². The predicted molar refractivity (Wildman–Crippen MR) is 88.8 cm³/mol. The summed E-state index contributed by atoms with van der Waals surface area (Å²) in [6, 6.07) is 6.83. The lowest BCUT2D eigenvalue weighted by molar-refractivity contribution is -0.0546. The lowest BCUT2D eigenvalue weighted by Crippen LogP contribution is -2.30. The first-order valence-electron chi connectivity index (χ1n) is 7.80. The van der Waals surface area contributed by atoms with Crippen LogP contribution in [0.2, 0.25) is 0 Å². The molecule has 0 unspecified atom stereocenters. The Hall–Kier alpha value is -1.59. The van der Waals surface area contributed by atoms with E-state index in [1.165, 1.54) is 7.11 Å². The molecule has 0 aliphatic heterocycles. The van der Waals surface area contributed by atoms with Gasteiger partial charge in [-0.05, 0) is 58.4 Å². The fourth-order valence-corrected chi connectivity index (χ4v) is 1.87. The number of carbonyl (C=O) groups is 1. The quantitative estimate of drug-likeness (QED) is 0.707. The highest BCUT2D eigenvalue weighted by molar-refractivity contribution is 5.89. The molecule has 0 spiro atoms. The van der Waals surface area contributed by atoms with Crippen molar-refractivity contribution in [2.45, 2.75) is 51.7 Å². The average molecular weight is 324 g/mol. The maximum absolute atomic E-state index is 11.3. The molecule has 0 amide bonds. The summed E-state index contributed by atoms with van der Waals surface area (Å²) >= 11 is 0. The second kappa shape index (κ2) is 8.31. The molecule has 0 saturated carbocycles. The van der Waals surface area contributed by atoms with Crippen LogP contribution in [-0.2, 0) is 9.47 Å². The third kappa shape index (κ3) is 8.00. The summed E-state index contributed by atoms with van der Waals surface area (Å²) in [6.07, 6.45) is 1.31. The molecule has 0 saturated heterocycles. The predicted octanol–water partition coefficient (Wildman–Crippen LogP) is 3.20. The molecule has 0 aliphatic carbocycles. The summed E-state index contributed by atoms with van der Waals surface area (Å²) in [5.41, 5.74) is -0.541. The molecule has 0 heterocycles. The number of methoxy groups -OCH3 is 1. The van der Waals surface area contributed by atoms with Gasteiger partial charge in [0.2, 0.25) is 0 Å². The minimum Gasteiger partial charge on any atom is -0.493 e. The van der Waals surface area contributed by atoms with Gasteiger partial charge >= 0.3 is 5.97 Å². The molecular formula is C18H28O5. The number of ether oxygens (including phenoxy) is 3. The maximum atomic E-state index is 11.3. The fraction of sp³-hybridized carbons (Fsp3) is 0.611. The number of hydrogen-bond donors (Lipinski definition) is 1. The first-order valence-corrected chi connectivity index (χ1v) is 7.80. The van der Waals surface area contributed by atoms with Gasteiger partial charge in [-0.3, -0.25) is 0 Å². The van der Waals surface area contributed by atoms with Crippen molar-refractivity contribution >= 4 is 5.97 Å². The van der Waals surface area contributed by atoms with Crippen LogP contribution >= 0.6 is 0 Å². The van der Waals surface area contributed by atoms with Crippen molar-refractivity contribution in [2.75, 3.05) is 20.3 Å². The smallest absolute Gasteiger partial charge is 0.337 e. The third-order valence-electron chi connectivity index (χ3n) is 3.45. The van der Waals surface area contributed by atoms with Gasteiger partial charge < -0.3 is 19.3 Å². The standard InChI is InChI=1S/C18H28O5/c1-17(2,20)10-13-23-18(3,4)11-12-22-15-8-6-14(7-9-15)16(19)21-5/h6-9,20H,10-13H2,1-5H3. The first-order chi connectivity index (χ1) is 10.6. The van der Waals surface area contributed by atoms with E-state index >= 15 is 0 Å². The van der Waals surface area contributed by atoms with Gasteiger partial charge in [0.1, 0.15) is 5.75 Å². The number of rotatable bonds is 9. The van der Waals surface area contributed by atoms with Crippen LogP contribution in [0, 0.1) is 0 Å². The fourth-order valence-electron chi connectivity index (χ4n) is 1.87. The van der Waals surface area contributed by atoms with Crippen LogP contribution in [0.3, 0.4) is 0 Å². The van der Waals surface area contributed by atoms with Crippen molar-refractivity contribution in [1.29, 1.82) is 0 Å². The zero-order valence-corrected chi connectivity index (χ0v) is 14.7. The molecule has 5 heteroatoms. The van der Waals surface area contributed by atoms with Gasteiger partial charge in [-0.1, -0.05) is 0 Å². The maximum Gasteiger partial charge on any atom is 0.337 e. The molecule has 1 N–H and O–H groups in total. The van der Waals surface area contributed by atoms with Crippen molar-refractivity contribution in [3.05, 3.63) is 29.8 Å². The highest BCUT2D eigenvalue weighted by Crippen LogP contribution is 2.19. The van der Waals surface area contributed by atoms with E-state index in [1.807, 2.05) is 13.8 Å². The summed E-state index contributed by atoms with van der Waals surface area (Å²) in [5.74, 6) is 0.336. The topological polar surface area (TPSA) is 65.0 Å². The van der Waals surface area contributed by atoms with Gasteiger partial charge in [-0.15, -0.1) is 0 Å². The van der Waals surface area contributed by atoms with Crippen molar-refractivity contribution in [3.63, 3.8) is 0 Å². The molecule has 130 valence electrons. The summed E-state index contributed by atoms with van der Waals surface area (Å²) in [4.78, 5) is 11.3. The Morgan fingerprint density at radius 3 is 2.17 bits per heavy atom. The van der Waals surface area contributed by atoms with Crippen LogP contribution in [-0.4, -0.2) is 42.6 Å². The van der Waals surface area contributed by atoms with Gasteiger partial charge in [-0.2, -0.15) is 0 Å². The summed E-state index contributed by atoms with van der Waals surface area (Å²) in [5, 5.41) is 9.68. The largest absolute Gasteiger partial charge is 0.493 e. The van der Waals surface area contributed by atoms with Gasteiger partial charge in [0.15, 0.2) is 0 Å². The Labute approximate surface area is 138 Å². The molecule has 0 bridgehead atoms. The number of hydrogen-bond acceptors (Lipinski definition) is 5. The molecular weight excluding hydrogens is 296 g/mol. The number of carbonyl (C=O) groups excluding carboxylic acids is 1. The highest BCUT2D eigenvalue weighted by atomic mass is 16.5. The zero-order valence-electron chi connectivity index (χ0n) is 14.7. The van der Waals surface area contributed by atoms with Gasteiger partial charge in [-0.25, -0.2) is 4.79 Å². The van der Waals surface area contributed by atoms with Crippen LogP contribution in [0.4, 0.5) is 0 Å². The molecule has 23 heavy (non-hydrogen) atoms. The van der Waals surface area contributed by atoms with Crippen molar-refractivity contribution < 1.29 is 24.1 Å². The van der Waals surface area contributed by atoms with Crippen molar-refractivity contribution in [1.82, 2.24) is 0 Å². The summed E-state index contributed by atoms with van der Waals surface area (Å²) in [6.45, 7) is 8.55. The monoisotopic (exact) mass is 324 g/mol. The molecule has 0 radical (unpaired) electrons. The van der Waals surface area contributed by atoms with Crippen molar-refractivity contribution in [3.8, 4) is 5.75 Å². The van der Waals surface area contributed by atoms with Crippen LogP contribution in [0.5, 0.6) is 5.75 Å². The number of esters is 1. The minimum atomic E-state index is -0.714. The zero-order chi connectivity index (χ0) is 17.5. The molecule has 1 rings (SSSR count). The Kier molecular flexibility index (Phi) is 7.03. The second-order valence-electron chi connectivity index (χ2n) is 6.79. The summed E-state index contributed by atoms with van der Waals surface area (Å²) < 4.78 is 16.1. The van der Waals surface area contributed by atoms with E-state index in [4.69, 9.17) is 9.47 Å². The molecule has 0 aromatic heterocycles. The van der Waals surface area contributed by atoms with E-state index in [9.17, 15) is 9.90 Å². The molecule has 5 nitrogen and oxygen atoms in total. The Bertz CT molecular complexity index is 485. The van der Waals surface area contributed by atoms with E-state index in [0.717, 1.165) is 6.42 Å². The van der Waals surface area contributed by atoms with E-state index in [2.05, 4.69) is 4.74 Å². The third-order valence-corrected chi connectivity index (χ3v) is 3.45. The van der Waals surface area contributed by atoms with E-state index < -0.39 is 5.60 Å². The highest BCUT2D eigenvalue weighted by Gasteiger charge is 2.20. The summed E-state index contributed by atoms with van der Waals surface area (Å²) in [7, 11) is 1.35. The Morgan fingerprint density at radius 1 is 1.04 bits per heavy atom. The molecule has 1 aromatic rings. The Balaban J connectivity index is 2.36.